The quantitative estimate of drug-likeness (QED) is 0.856. The van der Waals surface area contributed by atoms with Crippen LogP contribution in [0.2, 0.25) is 0 Å². The molecule has 1 aliphatic heterocycles. The van der Waals surface area contributed by atoms with Gasteiger partial charge < -0.3 is 9.80 Å². The summed E-state index contributed by atoms with van der Waals surface area (Å²) in [5.41, 5.74) is 0.984. The van der Waals surface area contributed by atoms with Crippen LogP contribution in [-0.4, -0.2) is 47.0 Å². The number of carbonyl (C=O) groups is 1. The van der Waals surface area contributed by atoms with Crippen molar-refractivity contribution in [3.05, 3.63) is 40.0 Å². The molecule has 24 heavy (non-hydrogen) atoms. The predicted octanol–water partition coefficient (Wildman–Crippen LogP) is 2.82. The molecule has 0 saturated carbocycles. The third-order valence-electron chi connectivity index (χ3n) is 4.62. The highest BCUT2D eigenvalue weighted by atomic mass is 32.1. The summed E-state index contributed by atoms with van der Waals surface area (Å²) in [6, 6.07) is 6.21. The molecule has 1 saturated heterocycles. The second-order valence-electron chi connectivity index (χ2n) is 6.35. The molecule has 0 spiro atoms. The topological polar surface area (TPSA) is 49.3 Å². The summed E-state index contributed by atoms with van der Waals surface area (Å²) in [7, 11) is 1.93. The third kappa shape index (κ3) is 3.75. The monoisotopic (exact) mass is 344 g/mol. The Morgan fingerprint density at radius 2 is 2.25 bits per heavy atom. The Bertz CT molecular complexity index is 700. The summed E-state index contributed by atoms with van der Waals surface area (Å²) in [5.74, 6) is 1.17. The van der Waals surface area contributed by atoms with E-state index in [9.17, 15) is 4.79 Å². The lowest BCUT2D eigenvalue weighted by atomic mass is 10.0. The largest absolute Gasteiger partial charge is 0.355 e. The number of likely N-dealkylation sites (N-methyl/N-ethyl adjacent to an activating group) is 1. The Hall–Kier alpha value is -1.95. The highest BCUT2D eigenvalue weighted by molar-refractivity contribution is 7.11. The number of amides is 1. The van der Waals surface area contributed by atoms with Gasteiger partial charge in [-0.2, -0.15) is 0 Å². The van der Waals surface area contributed by atoms with Crippen LogP contribution in [0.4, 0.5) is 5.82 Å². The lowest BCUT2D eigenvalue weighted by molar-refractivity contribution is -0.131. The fourth-order valence-electron chi connectivity index (χ4n) is 3.22. The molecule has 1 amide bonds. The maximum atomic E-state index is 12.7. The number of aromatic nitrogens is 2. The molecular formula is C18H24N4OS. The summed E-state index contributed by atoms with van der Waals surface area (Å²) >= 11 is 1.63. The van der Waals surface area contributed by atoms with Crippen LogP contribution in [0.5, 0.6) is 0 Å². The van der Waals surface area contributed by atoms with Crippen molar-refractivity contribution in [1.29, 1.82) is 0 Å². The van der Waals surface area contributed by atoms with Crippen molar-refractivity contribution in [2.24, 2.45) is 0 Å². The lowest BCUT2D eigenvalue weighted by Gasteiger charge is -2.38. The van der Waals surface area contributed by atoms with Crippen LogP contribution in [0.15, 0.2) is 24.4 Å². The maximum Gasteiger partial charge on any atom is 0.227 e. The molecule has 1 unspecified atom stereocenters. The number of aryl methyl sites for hydroxylation is 2. The van der Waals surface area contributed by atoms with E-state index >= 15 is 0 Å². The van der Waals surface area contributed by atoms with Crippen LogP contribution in [0.3, 0.4) is 0 Å². The van der Waals surface area contributed by atoms with Crippen molar-refractivity contribution in [3.63, 3.8) is 0 Å². The molecule has 0 bridgehead atoms. The number of anilines is 1. The molecule has 128 valence electrons. The van der Waals surface area contributed by atoms with Gasteiger partial charge in [-0.15, -0.1) is 11.3 Å². The van der Waals surface area contributed by atoms with Crippen LogP contribution >= 0.6 is 11.3 Å². The number of hydrogen-bond donors (Lipinski definition) is 0. The van der Waals surface area contributed by atoms with Gasteiger partial charge in [0.2, 0.25) is 5.91 Å². The average Bonchev–Trinajstić information content (AvgIpc) is 2.92. The molecule has 1 fully saturated rings. The van der Waals surface area contributed by atoms with Crippen LogP contribution in [-0.2, 0) is 11.2 Å². The summed E-state index contributed by atoms with van der Waals surface area (Å²) in [5, 5.41) is 1.02. The predicted molar refractivity (Wildman–Crippen MR) is 97.5 cm³/mol. The third-order valence-corrected chi connectivity index (χ3v) is 5.70. The van der Waals surface area contributed by atoms with E-state index in [-0.39, 0.29) is 11.9 Å². The van der Waals surface area contributed by atoms with Gasteiger partial charge in [-0.1, -0.05) is 6.07 Å². The summed E-state index contributed by atoms with van der Waals surface area (Å²) in [4.78, 5) is 26.8. The van der Waals surface area contributed by atoms with Crippen molar-refractivity contribution in [3.8, 4) is 0 Å². The number of rotatable bonds is 4. The van der Waals surface area contributed by atoms with Crippen LogP contribution in [0.25, 0.3) is 0 Å². The van der Waals surface area contributed by atoms with Gasteiger partial charge in [-0.25, -0.2) is 9.97 Å². The van der Waals surface area contributed by atoms with E-state index < -0.39 is 0 Å². The molecule has 3 heterocycles. The summed E-state index contributed by atoms with van der Waals surface area (Å²) in [6.07, 6.45) is 4.40. The zero-order valence-corrected chi connectivity index (χ0v) is 15.3. The van der Waals surface area contributed by atoms with E-state index in [1.165, 1.54) is 0 Å². The van der Waals surface area contributed by atoms with Crippen molar-refractivity contribution in [1.82, 2.24) is 14.9 Å². The van der Waals surface area contributed by atoms with E-state index in [4.69, 9.17) is 0 Å². The molecule has 5 nitrogen and oxygen atoms in total. The molecule has 1 atom stereocenters. The summed E-state index contributed by atoms with van der Waals surface area (Å²) in [6.45, 7) is 5.82. The highest BCUT2D eigenvalue weighted by Gasteiger charge is 2.27. The van der Waals surface area contributed by atoms with Crippen molar-refractivity contribution in [2.75, 3.05) is 25.0 Å². The maximum absolute atomic E-state index is 12.7. The van der Waals surface area contributed by atoms with Crippen LogP contribution in [0.1, 0.15) is 28.4 Å². The summed E-state index contributed by atoms with van der Waals surface area (Å²) < 4.78 is 0. The second kappa shape index (κ2) is 7.30. The standard InChI is InChI=1S/C18H24N4OS/c1-13-16(24-14(2)20-13)11-18(23)21(3)15-7-6-10-22(12-15)17-8-4-5-9-19-17/h4-5,8-9,15H,6-7,10-12H2,1-3H3. The first-order valence-electron chi connectivity index (χ1n) is 8.39. The van der Waals surface area contributed by atoms with Crippen molar-refractivity contribution < 1.29 is 4.79 Å². The Morgan fingerprint density at radius 3 is 2.92 bits per heavy atom. The van der Waals surface area contributed by atoms with E-state index in [0.29, 0.717) is 6.42 Å². The fraction of sp³-hybridized carbons (Fsp3) is 0.500. The Labute approximate surface area is 147 Å². The molecule has 0 aliphatic carbocycles. The Balaban J connectivity index is 1.64. The Kier molecular flexibility index (Phi) is 5.14. The highest BCUT2D eigenvalue weighted by Crippen LogP contribution is 2.22. The minimum atomic E-state index is 0.176. The minimum absolute atomic E-state index is 0.176. The van der Waals surface area contributed by atoms with E-state index in [0.717, 1.165) is 47.3 Å². The number of carbonyl (C=O) groups excluding carboxylic acids is 1. The van der Waals surface area contributed by atoms with Gasteiger partial charge in [0.1, 0.15) is 5.82 Å². The number of thiazole rings is 1. The molecule has 2 aromatic heterocycles. The van der Waals surface area contributed by atoms with Crippen LogP contribution in [0, 0.1) is 13.8 Å². The van der Waals surface area contributed by atoms with E-state index in [1.807, 2.05) is 50.2 Å². The van der Waals surface area contributed by atoms with Crippen LogP contribution < -0.4 is 4.90 Å². The molecule has 2 aromatic rings. The number of hydrogen-bond acceptors (Lipinski definition) is 5. The second-order valence-corrected chi connectivity index (χ2v) is 7.64. The van der Waals surface area contributed by atoms with Crippen molar-refractivity contribution in [2.45, 2.75) is 39.2 Å². The average molecular weight is 344 g/mol. The normalized spacial score (nSPS) is 17.8. The zero-order valence-electron chi connectivity index (χ0n) is 14.5. The first-order chi connectivity index (χ1) is 11.5. The zero-order chi connectivity index (χ0) is 17.1. The van der Waals surface area contributed by atoms with Gasteiger partial charge in [0, 0.05) is 37.3 Å². The molecule has 0 N–H and O–H groups in total. The first-order valence-corrected chi connectivity index (χ1v) is 9.21. The lowest BCUT2D eigenvalue weighted by Crippen LogP contribution is -2.49. The molecule has 0 radical (unpaired) electrons. The van der Waals surface area contributed by atoms with Gasteiger partial charge in [-0.05, 0) is 38.8 Å². The van der Waals surface area contributed by atoms with E-state index in [1.54, 1.807) is 11.3 Å². The van der Waals surface area contributed by atoms with Gasteiger partial charge in [0.25, 0.3) is 0 Å². The Morgan fingerprint density at radius 1 is 1.42 bits per heavy atom. The smallest absolute Gasteiger partial charge is 0.227 e. The van der Waals surface area contributed by atoms with Crippen molar-refractivity contribution >= 4 is 23.1 Å². The first kappa shape index (κ1) is 16.9. The van der Waals surface area contributed by atoms with Gasteiger partial charge >= 0.3 is 0 Å². The number of piperidine rings is 1. The van der Waals surface area contributed by atoms with Gasteiger partial charge in [-0.3, -0.25) is 4.79 Å². The number of pyridine rings is 1. The van der Waals surface area contributed by atoms with E-state index in [2.05, 4.69) is 14.9 Å². The SMILES string of the molecule is Cc1nc(C)c(CC(=O)N(C)C2CCCN(c3ccccn3)C2)s1. The fourth-order valence-corrected chi connectivity index (χ4v) is 4.15. The number of nitrogens with zero attached hydrogens (tertiary/aromatic N) is 4. The molecule has 1 aliphatic rings. The molecule has 3 rings (SSSR count). The van der Waals surface area contributed by atoms with Gasteiger partial charge in [0.05, 0.1) is 17.1 Å². The minimum Gasteiger partial charge on any atom is -0.355 e. The molecular weight excluding hydrogens is 320 g/mol. The molecule has 0 aromatic carbocycles. The molecule has 6 heteroatoms. The van der Waals surface area contributed by atoms with Gasteiger partial charge in [0.15, 0.2) is 0 Å².